The van der Waals surface area contributed by atoms with Crippen LogP contribution in [0.25, 0.3) is 0 Å². The molecule has 0 aliphatic rings. The highest BCUT2D eigenvalue weighted by Gasteiger charge is 2.04. The Morgan fingerprint density at radius 1 is 1.32 bits per heavy atom. The van der Waals surface area contributed by atoms with E-state index in [-0.39, 0.29) is 5.82 Å². The van der Waals surface area contributed by atoms with E-state index in [0.717, 1.165) is 18.7 Å². The molecule has 0 aliphatic carbocycles. The summed E-state index contributed by atoms with van der Waals surface area (Å²) in [6.07, 6.45) is 2.68. The number of halogens is 2. The molecule has 19 heavy (non-hydrogen) atoms. The molecule has 0 spiro atoms. The van der Waals surface area contributed by atoms with Gasteiger partial charge in [0.05, 0.1) is 5.69 Å². The first-order valence-corrected chi connectivity index (χ1v) is 6.77. The van der Waals surface area contributed by atoms with Crippen LogP contribution in [0.3, 0.4) is 0 Å². The lowest BCUT2D eigenvalue weighted by atomic mass is 10.3. The number of anilines is 3. The van der Waals surface area contributed by atoms with Crippen molar-refractivity contribution in [1.29, 1.82) is 0 Å². The van der Waals surface area contributed by atoms with E-state index in [2.05, 4.69) is 43.5 Å². The standard InChI is InChI=1S/C13H14BrFN4/c1-2-6-16-13-17-7-5-12(19-13)18-11-4-3-9(15)8-10(11)14/h3-5,7-8H,2,6H2,1H3,(H2,16,17,18,19). The second kappa shape index (κ2) is 6.47. The highest BCUT2D eigenvalue weighted by atomic mass is 79.9. The maximum absolute atomic E-state index is 13.0. The predicted octanol–water partition coefficient (Wildman–Crippen LogP) is 3.94. The molecule has 0 aliphatic heterocycles. The van der Waals surface area contributed by atoms with Crippen LogP contribution in [0, 0.1) is 5.82 Å². The van der Waals surface area contributed by atoms with Gasteiger partial charge in [0.25, 0.3) is 0 Å². The predicted molar refractivity (Wildman–Crippen MR) is 78.2 cm³/mol. The second-order valence-electron chi connectivity index (χ2n) is 3.94. The molecule has 0 radical (unpaired) electrons. The molecule has 0 saturated carbocycles. The number of nitrogens with one attached hydrogen (secondary N) is 2. The van der Waals surface area contributed by atoms with Crippen LogP contribution in [-0.2, 0) is 0 Å². The van der Waals surface area contributed by atoms with Crippen LogP contribution in [0.5, 0.6) is 0 Å². The van der Waals surface area contributed by atoms with Crippen molar-refractivity contribution in [2.24, 2.45) is 0 Å². The quantitative estimate of drug-likeness (QED) is 0.874. The fourth-order valence-electron chi connectivity index (χ4n) is 1.48. The van der Waals surface area contributed by atoms with E-state index in [1.54, 1.807) is 18.3 Å². The Labute approximate surface area is 119 Å². The highest BCUT2D eigenvalue weighted by molar-refractivity contribution is 9.10. The zero-order valence-corrected chi connectivity index (χ0v) is 12.0. The highest BCUT2D eigenvalue weighted by Crippen LogP contribution is 2.25. The number of hydrogen-bond acceptors (Lipinski definition) is 4. The van der Waals surface area contributed by atoms with Gasteiger partial charge in [-0.25, -0.2) is 9.37 Å². The van der Waals surface area contributed by atoms with Crippen molar-refractivity contribution < 1.29 is 4.39 Å². The first-order chi connectivity index (χ1) is 9.19. The Morgan fingerprint density at radius 2 is 2.16 bits per heavy atom. The third-order valence-corrected chi connectivity index (χ3v) is 3.04. The largest absolute Gasteiger partial charge is 0.354 e. The van der Waals surface area contributed by atoms with Crippen molar-refractivity contribution in [3.05, 3.63) is 40.8 Å². The average Bonchev–Trinajstić information content (AvgIpc) is 2.40. The number of hydrogen-bond donors (Lipinski definition) is 2. The van der Waals surface area contributed by atoms with Gasteiger partial charge in [-0.1, -0.05) is 6.92 Å². The van der Waals surface area contributed by atoms with Gasteiger partial charge in [0.1, 0.15) is 11.6 Å². The molecule has 1 aromatic heterocycles. The summed E-state index contributed by atoms with van der Waals surface area (Å²) in [6.45, 7) is 2.90. The minimum absolute atomic E-state index is 0.287. The number of nitrogens with zero attached hydrogens (tertiary/aromatic N) is 2. The Balaban J connectivity index is 2.14. The third kappa shape index (κ3) is 3.89. The maximum atomic E-state index is 13.0. The lowest BCUT2D eigenvalue weighted by Gasteiger charge is -2.09. The van der Waals surface area contributed by atoms with Crippen molar-refractivity contribution in [3.63, 3.8) is 0 Å². The third-order valence-electron chi connectivity index (χ3n) is 2.38. The molecule has 0 bridgehead atoms. The second-order valence-corrected chi connectivity index (χ2v) is 4.80. The van der Waals surface area contributed by atoms with Gasteiger partial charge >= 0.3 is 0 Å². The minimum Gasteiger partial charge on any atom is -0.354 e. The van der Waals surface area contributed by atoms with E-state index >= 15 is 0 Å². The van der Waals surface area contributed by atoms with Gasteiger partial charge in [0, 0.05) is 17.2 Å². The van der Waals surface area contributed by atoms with Crippen molar-refractivity contribution in [1.82, 2.24) is 9.97 Å². The van der Waals surface area contributed by atoms with E-state index in [1.807, 2.05) is 0 Å². The molecular weight excluding hydrogens is 311 g/mol. The van der Waals surface area contributed by atoms with E-state index in [9.17, 15) is 4.39 Å². The van der Waals surface area contributed by atoms with Crippen LogP contribution in [0.4, 0.5) is 21.8 Å². The molecule has 2 N–H and O–H groups in total. The van der Waals surface area contributed by atoms with Crippen molar-refractivity contribution in [2.45, 2.75) is 13.3 Å². The molecule has 0 amide bonds. The number of aromatic nitrogens is 2. The van der Waals surface area contributed by atoms with Gasteiger partial charge in [0.2, 0.25) is 5.95 Å². The molecule has 0 fully saturated rings. The van der Waals surface area contributed by atoms with E-state index < -0.39 is 0 Å². The monoisotopic (exact) mass is 324 g/mol. The first kappa shape index (κ1) is 13.7. The average molecular weight is 325 g/mol. The molecule has 1 aromatic carbocycles. The SMILES string of the molecule is CCCNc1nccc(Nc2ccc(F)cc2Br)n1. The van der Waals surface area contributed by atoms with Gasteiger partial charge < -0.3 is 10.6 Å². The molecule has 0 saturated heterocycles. The smallest absolute Gasteiger partial charge is 0.224 e. The van der Waals surface area contributed by atoms with Crippen LogP contribution in [-0.4, -0.2) is 16.5 Å². The summed E-state index contributed by atoms with van der Waals surface area (Å²) >= 11 is 3.30. The molecule has 6 heteroatoms. The van der Waals surface area contributed by atoms with Crippen molar-refractivity contribution in [2.75, 3.05) is 17.2 Å². The van der Waals surface area contributed by atoms with Gasteiger partial charge in [-0.05, 0) is 46.6 Å². The Kier molecular flexibility index (Phi) is 4.68. The summed E-state index contributed by atoms with van der Waals surface area (Å²) in [5.41, 5.74) is 0.751. The zero-order chi connectivity index (χ0) is 13.7. The molecular formula is C13H14BrFN4. The van der Waals surface area contributed by atoms with Gasteiger partial charge in [-0.2, -0.15) is 4.98 Å². The van der Waals surface area contributed by atoms with Crippen LogP contribution >= 0.6 is 15.9 Å². The molecule has 0 atom stereocenters. The molecule has 4 nitrogen and oxygen atoms in total. The maximum Gasteiger partial charge on any atom is 0.224 e. The molecule has 1 heterocycles. The van der Waals surface area contributed by atoms with Gasteiger partial charge in [-0.3, -0.25) is 0 Å². The molecule has 0 unspecified atom stereocenters. The molecule has 2 aromatic rings. The van der Waals surface area contributed by atoms with Gasteiger partial charge in [0.15, 0.2) is 0 Å². The molecule has 2 rings (SSSR count). The Morgan fingerprint density at radius 3 is 2.89 bits per heavy atom. The summed E-state index contributed by atoms with van der Waals surface area (Å²) in [5, 5.41) is 6.22. The fourth-order valence-corrected chi connectivity index (χ4v) is 1.93. The van der Waals surface area contributed by atoms with Gasteiger partial charge in [-0.15, -0.1) is 0 Å². The summed E-state index contributed by atoms with van der Waals surface area (Å²) < 4.78 is 13.6. The van der Waals surface area contributed by atoms with E-state index in [0.29, 0.717) is 16.2 Å². The summed E-state index contributed by atoms with van der Waals surface area (Å²) in [6, 6.07) is 6.21. The topological polar surface area (TPSA) is 49.8 Å². The summed E-state index contributed by atoms with van der Waals surface area (Å²) in [5.74, 6) is 0.941. The Bertz CT molecular complexity index is 562. The fraction of sp³-hybridized carbons (Fsp3) is 0.231. The zero-order valence-electron chi connectivity index (χ0n) is 10.5. The van der Waals surface area contributed by atoms with Crippen molar-refractivity contribution >= 4 is 33.4 Å². The minimum atomic E-state index is -0.287. The van der Waals surface area contributed by atoms with Crippen LogP contribution < -0.4 is 10.6 Å². The summed E-state index contributed by atoms with van der Waals surface area (Å²) in [7, 11) is 0. The normalized spacial score (nSPS) is 10.3. The van der Waals surface area contributed by atoms with Crippen LogP contribution in [0.15, 0.2) is 34.9 Å². The molecule has 100 valence electrons. The van der Waals surface area contributed by atoms with Crippen LogP contribution in [0.1, 0.15) is 13.3 Å². The van der Waals surface area contributed by atoms with E-state index in [4.69, 9.17) is 0 Å². The van der Waals surface area contributed by atoms with Crippen molar-refractivity contribution in [3.8, 4) is 0 Å². The first-order valence-electron chi connectivity index (χ1n) is 5.98. The number of benzene rings is 1. The number of rotatable bonds is 5. The lowest BCUT2D eigenvalue weighted by molar-refractivity contribution is 0.627. The Hall–Kier alpha value is -1.69. The lowest BCUT2D eigenvalue weighted by Crippen LogP contribution is -2.05. The van der Waals surface area contributed by atoms with E-state index in [1.165, 1.54) is 12.1 Å². The summed E-state index contributed by atoms with van der Waals surface area (Å²) in [4.78, 5) is 8.44. The van der Waals surface area contributed by atoms with Crippen LogP contribution in [0.2, 0.25) is 0 Å².